The van der Waals surface area contributed by atoms with Crippen LogP contribution >= 0.6 is 0 Å². The summed E-state index contributed by atoms with van der Waals surface area (Å²) < 4.78 is 10.8. The highest BCUT2D eigenvalue weighted by Gasteiger charge is 2.29. The van der Waals surface area contributed by atoms with Crippen molar-refractivity contribution >= 4 is 11.6 Å². The number of carbonyl (C=O) groups excluding carboxylic acids is 1. The average molecular weight is 417 g/mol. The highest BCUT2D eigenvalue weighted by Crippen LogP contribution is 2.32. The zero-order valence-electron chi connectivity index (χ0n) is 18.9. The molecule has 1 aromatic carbocycles. The van der Waals surface area contributed by atoms with Crippen molar-refractivity contribution in [2.75, 3.05) is 25.5 Å². The molecular weight excluding hydrogens is 380 g/mol. The molecule has 2 heterocycles. The third-order valence-corrected chi connectivity index (χ3v) is 5.18. The second-order valence-corrected chi connectivity index (χ2v) is 7.79. The molecule has 1 aliphatic rings. The summed E-state index contributed by atoms with van der Waals surface area (Å²) >= 11 is 0. The minimum absolute atomic E-state index is 0.0126. The molecule has 7 nitrogen and oxygen atoms in total. The van der Waals surface area contributed by atoms with Crippen molar-refractivity contribution in [3.05, 3.63) is 30.8 Å². The van der Waals surface area contributed by atoms with Gasteiger partial charge in [0.1, 0.15) is 5.75 Å². The topological polar surface area (TPSA) is 93.6 Å². The maximum absolute atomic E-state index is 13.1. The van der Waals surface area contributed by atoms with Gasteiger partial charge in [0.15, 0.2) is 12.2 Å². The van der Waals surface area contributed by atoms with Gasteiger partial charge in [-0.3, -0.25) is 9.69 Å². The highest BCUT2D eigenvalue weighted by molar-refractivity contribution is 5.95. The predicted molar refractivity (Wildman–Crippen MR) is 120 cm³/mol. The third kappa shape index (κ3) is 6.31. The first kappa shape index (κ1) is 23.9. The van der Waals surface area contributed by atoms with Crippen molar-refractivity contribution in [2.24, 2.45) is 11.7 Å². The van der Waals surface area contributed by atoms with E-state index < -0.39 is 0 Å². The number of nitrogens with zero attached hydrogens (tertiary/aromatic N) is 2. The van der Waals surface area contributed by atoms with E-state index in [-0.39, 0.29) is 18.0 Å². The van der Waals surface area contributed by atoms with Crippen LogP contribution in [-0.4, -0.2) is 48.1 Å². The van der Waals surface area contributed by atoms with Crippen LogP contribution in [0.5, 0.6) is 5.75 Å². The number of carbonyl (C=O) groups is 1. The van der Waals surface area contributed by atoms with Crippen LogP contribution in [0.15, 0.2) is 35.2 Å². The van der Waals surface area contributed by atoms with E-state index in [0.29, 0.717) is 23.1 Å². The summed E-state index contributed by atoms with van der Waals surface area (Å²) in [6, 6.07) is 5.62. The lowest BCUT2D eigenvalue weighted by atomic mass is 9.97. The molecule has 3 N–H and O–H groups in total. The Labute approximate surface area is 180 Å². The summed E-state index contributed by atoms with van der Waals surface area (Å²) in [5.41, 5.74) is 7.53. The van der Waals surface area contributed by atoms with Crippen LogP contribution in [0.1, 0.15) is 47.0 Å². The summed E-state index contributed by atoms with van der Waals surface area (Å²) in [5.74, 6) is 1.68. The van der Waals surface area contributed by atoms with E-state index in [1.54, 1.807) is 13.3 Å². The number of hydrogen-bond donors (Lipinski definition) is 2. The number of rotatable bonds is 7. The Morgan fingerprint density at radius 3 is 2.60 bits per heavy atom. The van der Waals surface area contributed by atoms with E-state index in [4.69, 9.17) is 14.9 Å². The number of hydrogen-bond acceptors (Lipinski definition) is 6. The monoisotopic (exact) mass is 416 g/mol. The molecule has 1 amide bonds. The molecule has 1 fully saturated rings. The number of amides is 1. The van der Waals surface area contributed by atoms with E-state index in [2.05, 4.69) is 29.0 Å². The van der Waals surface area contributed by atoms with Gasteiger partial charge in [-0.1, -0.05) is 27.7 Å². The fourth-order valence-corrected chi connectivity index (χ4v) is 3.65. The lowest BCUT2D eigenvalue weighted by molar-refractivity contribution is -0.122. The van der Waals surface area contributed by atoms with Crippen molar-refractivity contribution in [2.45, 2.75) is 59.0 Å². The van der Waals surface area contributed by atoms with Crippen molar-refractivity contribution in [1.29, 1.82) is 0 Å². The lowest BCUT2D eigenvalue weighted by Crippen LogP contribution is -2.50. The van der Waals surface area contributed by atoms with Crippen molar-refractivity contribution in [3.8, 4) is 17.1 Å². The number of ether oxygens (including phenoxy) is 1. The Balaban J connectivity index is 0.00000155. The molecule has 1 saturated heterocycles. The first-order valence-electron chi connectivity index (χ1n) is 10.8. The quantitative estimate of drug-likeness (QED) is 0.704. The Morgan fingerprint density at radius 1 is 1.33 bits per heavy atom. The number of benzene rings is 1. The second kappa shape index (κ2) is 11.7. The number of nitrogens with one attached hydrogen (secondary N) is 1. The zero-order chi connectivity index (χ0) is 22.1. The maximum atomic E-state index is 13.1. The largest absolute Gasteiger partial charge is 0.496 e. The maximum Gasteiger partial charge on any atom is 0.241 e. The number of likely N-dealkylation sites (tertiary alicyclic amines) is 1. The van der Waals surface area contributed by atoms with E-state index >= 15 is 0 Å². The van der Waals surface area contributed by atoms with Gasteiger partial charge in [0.05, 0.1) is 24.9 Å². The van der Waals surface area contributed by atoms with Crippen LogP contribution in [0.2, 0.25) is 0 Å². The summed E-state index contributed by atoms with van der Waals surface area (Å²) in [7, 11) is 1.60. The molecule has 0 saturated carbocycles. The van der Waals surface area contributed by atoms with Gasteiger partial charge in [-0.05, 0) is 37.3 Å². The van der Waals surface area contributed by atoms with Gasteiger partial charge < -0.3 is 20.2 Å². The number of nitrogens with two attached hydrogens (primary N) is 1. The predicted octanol–water partition coefficient (Wildman–Crippen LogP) is 4.15. The third-order valence-electron chi connectivity index (χ3n) is 5.18. The summed E-state index contributed by atoms with van der Waals surface area (Å²) in [6.45, 7) is 10.0. The fourth-order valence-electron chi connectivity index (χ4n) is 3.65. The first-order valence-corrected chi connectivity index (χ1v) is 10.8. The van der Waals surface area contributed by atoms with Gasteiger partial charge in [0.2, 0.25) is 5.91 Å². The molecule has 0 radical (unpaired) electrons. The van der Waals surface area contributed by atoms with Crippen LogP contribution in [0.25, 0.3) is 11.3 Å². The second-order valence-electron chi connectivity index (χ2n) is 7.79. The highest BCUT2D eigenvalue weighted by atomic mass is 16.5. The molecule has 2 aromatic rings. The van der Waals surface area contributed by atoms with E-state index in [1.165, 1.54) is 6.39 Å². The molecule has 166 valence electrons. The molecule has 0 bridgehead atoms. The number of oxazole rings is 1. The van der Waals surface area contributed by atoms with Crippen molar-refractivity contribution < 1.29 is 13.9 Å². The van der Waals surface area contributed by atoms with Crippen molar-refractivity contribution in [1.82, 2.24) is 9.88 Å². The molecule has 0 aliphatic carbocycles. The fraction of sp³-hybridized carbons (Fsp3) is 0.565. The molecule has 1 unspecified atom stereocenters. The molecule has 1 aromatic heterocycles. The van der Waals surface area contributed by atoms with Gasteiger partial charge in [0.25, 0.3) is 0 Å². The number of methoxy groups -OCH3 is 1. The molecule has 7 heteroatoms. The molecule has 1 atom stereocenters. The van der Waals surface area contributed by atoms with Gasteiger partial charge in [-0.15, -0.1) is 0 Å². The van der Waals surface area contributed by atoms with E-state index in [0.717, 1.165) is 37.9 Å². The van der Waals surface area contributed by atoms with Crippen LogP contribution in [0.3, 0.4) is 0 Å². The standard InChI is InChI=1S/C21H30N4O3.C2H6/c1-14(2)10-18(25-8-6-15(22)7-9-25)21(26)24-16-4-5-17(19(11-16)27-3)20-12-23-13-28-20;1-2/h4-5,11-15,18H,6-10,22H2,1-3H3,(H,24,26);1-2H3. The Hall–Kier alpha value is -2.38. The molecule has 30 heavy (non-hydrogen) atoms. The Kier molecular flexibility index (Phi) is 9.33. The summed E-state index contributed by atoms with van der Waals surface area (Å²) in [4.78, 5) is 19.3. The summed E-state index contributed by atoms with van der Waals surface area (Å²) in [6.07, 6.45) is 5.69. The van der Waals surface area contributed by atoms with Gasteiger partial charge in [-0.2, -0.15) is 0 Å². The Morgan fingerprint density at radius 2 is 2.03 bits per heavy atom. The zero-order valence-corrected chi connectivity index (χ0v) is 18.9. The first-order chi connectivity index (χ1) is 14.5. The van der Waals surface area contributed by atoms with Gasteiger partial charge in [-0.25, -0.2) is 4.98 Å². The Bertz CT molecular complexity index is 769. The van der Waals surface area contributed by atoms with Gasteiger partial charge in [0, 0.05) is 30.9 Å². The smallest absolute Gasteiger partial charge is 0.241 e. The van der Waals surface area contributed by atoms with Crippen molar-refractivity contribution in [3.63, 3.8) is 0 Å². The molecule has 0 spiro atoms. The van der Waals surface area contributed by atoms with Crippen LogP contribution < -0.4 is 15.8 Å². The van der Waals surface area contributed by atoms with E-state index in [1.807, 2.05) is 32.0 Å². The lowest BCUT2D eigenvalue weighted by Gasteiger charge is -2.36. The van der Waals surface area contributed by atoms with Gasteiger partial charge >= 0.3 is 0 Å². The molecular formula is C23H36N4O3. The number of anilines is 1. The minimum Gasteiger partial charge on any atom is -0.496 e. The minimum atomic E-state index is -0.160. The number of aromatic nitrogens is 1. The number of piperidine rings is 1. The molecule has 3 rings (SSSR count). The SMILES string of the molecule is CC.COc1cc(NC(=O)C(CC(C)C)N2CCC(N)CC2)ccc1-c1cnco1. The average Bonchev–Trinajstić information content (AvgIpc) is 3.28. The van der Waals surface area contributed by atoms with Crippen LogP contribution in [0, 0.1) is 5.92 Å². The molecule has 1 aliphatic heterocycles. The summed E-state index contributed by atoms with van der Waals surface area (Å²) in [5, 5.41) is 3.07. The van der Waals surface area contributed by atoms with Crippen LogP contribution in [0.4, 0.5) is 5.69 Å². The van der Waals surface area contributed by atoms with Crippen LogP contribution in [-0.2, 0) is 4.79 Å². The van der Waals surface area contributed by atoms with E-state index in [9.17, 15) is 4.79 Å². The normalized spacial score (nSPS) is 16.0.